The van der Waals surface area contributed by atoms with Crippen LogP contribution in [0.25, 0.3) is 11.0 Å². The van der Waals surface area contributed by atoms with Crippen LogP contribution in [-0.4, -0.2) is 68.5 Å². The maximum atomic E-state index is 14.4. The van der Waals surface area contributed by atoms with E-state index in [2.05, 4.69) is 15.4 Å². The number of rotatable bonds is 1. The highest BCUT2D eigenvalue weighted by Crippen LogP contribution is 2.32. The molecule has 0 saturated carbocycles. The fourth-order valence-corrected chi connectivity index (χ4v) is 3.53. The monoisotopic (exact) mass is 319 g/mol. The quantitative estimate of drug-likeness (QED) is 0.808. The standard InChI is InChI=1S/C14H14FN5O3/c15-11-9(1-2-10-12(11)17-18-16-10)13(21)19-3-7-5-20(14(22)23)6-8(7)4-19/h1-2,7-8H,3-6H2,(H,22,23)(H,16,17,18)/t7-,8-/m0/s1. The highest BCUT2D eigenvalue weighted by molar-refractivity contribution is 5.98. The molecule has 2 amide bonds. The van der Waals surface area contributed by atoms with Crippen molar-refractivity contribution >= 4 is 23.0 Å². The van der Waals surface area contributed by atoms with E-state index in [1.807, 2.05) is 0 Å². The van der Waals surface area contributed by atoms with Gasteiger partial charge in [0.05, 0.1) is 5.56 Å². The van der Waals surface area contributed by atoms with Gasteiger partial charge in [0.15, 0.2) is 5.82 Å². The van der Waals surface area contributed by atoms with Gasteiger partial charge in [0.1, 0.15) is 11.0 Å². The molecule has 1 aromatic heterocycles. The maximum absolute atomic E-state index is 14.4. The first kappa shape index (κ1) is 13.9. The first-order valence-electron chi connectivity index (χ1n) is 7.30. The Bertz CT molecular complexity index is 793. The van der Waals surface area contributed by atoms with Gasteiger partial charge in [-0.15, -0.1) is 0 Å². The van der Waals surface area contributed by atoms with Gasteiger partial charge in [0, 0.05) is 38.0 Å². The van der Waals surface area contributed by atoms with Crippen molar-refractivity contribution < 1.29 is 19.1 Å². The second-order valence-electron chi connectivity index (χ2n) is 6.04. The molecule has 2 N–H and O–H groups in total. The minimum absolute atomic E-state index is 0.0264. The summed E-state index contributed by atoms with van der Waals surface area (Å²) in [6, 6.07) is 2.97. The number of aromatic nitrogens is 3. The minimum atomic E-state index is -0.931. The number of benzene rings is 1. The highest BCUT2D eigenvalue weighted by Gasteiger charge is 2.43. The molecule has 0 unspecified atom stereocenters. The number of amides is 2. The summed E-state index contributed by atoms with van der Waals surface area (Å²) in [5.74, 6) is -0.822. The molecule has 9 heteroatoms. The summed E-state index contributed by atoms with van der Waals surface area (Å²) in [4.78, 5) is 26.5. The van der Waals surface area contributed by atoms with Gasteiger partial charge in [-0.3, -0.25) is 4.79 Å². The van der Waals surface area contributed by atoms with Gasteiger partial charge in [-0.2, -0.15) is 15.4 Å². The van der Waals surface area contributed by atoms with Crippen LogP contribution in [-0.2, 0) is 0 Å². The number of carbonyl (C=O) groups excluding carboxylic acids is 1. The van der Waals surface area contributed by atoms with Crippen LogP contribution in [0, 0.1) is 17.7 Å². The van der Waals surface area contributed by atoms with E-state index in [-0.39, 0.29) is 28.8 Å². The smallest absolute Gasteiger partial charge is 0.407 e. The van der Waals surface area contributed by atoms with E-state index in [9.17, 15) is 14.0 Å². The molecule has 23 heavy (non-hydrogen) atoms. The van der Waals surface area contributed by atoms with Crippen LogP contribution in [0.4, 0.5) is 9.18 Å². The summed E-state index contributed by atoms with van der Waals surface area (Å²) in [6.45, 7) is 1.75. The lowest BCUT2D eigenvalue weighted by atomic mass is 10.0. The molecule has 2 atom stereocenters. The molecule has 0 aliphatic carbocycles. The lowest BCUT2D eigenvalue weighted by molar-refractivity contribution is 0.0770. The van der Waals surface area contributed by atoms with Crippen LogP contribution in [0.5, 0.6) is 0 Å². The lowest BCUT2D eigenvalue weighted by Gasteiger charge is -2.20. The number of likely N-dealkylation sites (tertiary alicyclic amines) is 2. The van der Waals surface area contributed by atoms with Gasteiger partial charge in [0.25, 0.3) is 5.91 Å². The average Bonchev–Trinajstić information content (AvgIpc) is 3.20. The molecule has 0 spiro atoms. The van der Waals surface area contributed by atoms with E-state index >= 15 is 0 Å². The predicted molar refractivity (Wildman–Crippen MR) is 76.3 cm³/mol. The Morgan fingerprint density at radius 3 is 2.43 bits per heavy atom. The molecule has 120 valence electrons. The predicted octanol–water partition coefficient (Wildman–Crippen LogP) is 0.779. The third-order valence-corrected chi connectivity index (χ3v) is 4.70. The molecule has 4 rings (SSSR count). The van der Waals surface area contributed by atoms with Gasteiger partial charge in [-0.1, -0.05) is 0 Å². The third-order valence-electron chi connectivity index (χ3n) is 4.70. The Balaban J connectivity index is 1.54. The summed E-state index contributed by atoms with van der Waals surface area (Å²) in [5, 5.41) is 18.9. The Labute approximate surface area is 129 Å². The fourth-order valence-electron chi connectivity index (χ4n) is 3.53. The average molecular weight is 319 g/mol. The van der Waals surface area contributed by atoms with Gasteiger partial charge >= 0.3 is 6.09 Å². The number of carboxylic acid groups (broad SMARTS) is 1. The molecule has 3 heterocycles. The van der Waals surface area contributed by atoms with Crippen LogP contribution < -0.4 is 0 Å². The van der Waals surface area contributed by atoms with Gasteiger partial charge in [-0.25, -0.2) is 9.18 Å². The number of carbonyl (C=O) groups is 2. The van der Waals surface area contributed by atoms with E-state index in [1.54, 1.807) is 11.0 Å². The van der Waals surface area contributed by atoms with Crippen molar-refractivity contribution in [3.63, 3.8) is 0 Å². The molecule has 2 aromatic rings. The van der Waals surface area contributed by atoms with Crippen molar-refractivity contribution in [2.24, 2.45) is 11.8 Å². The van der Waals surface area contributed by atoms with Gasteiger partial charge in [-0.05, 0) is 12.1 Å². The van der Waals surface area contributed by atoms with Crippen molar-refractivity contribution in [1.29, 1.82) is 0 Å². The zero-order valence-corrected chi connectivity index (χ0v) is 12.1. The topological polar surface area (TPSA) is 102 Å². The highest BCUT2D eigenvalue weighted by atomic mass is 19.1. The lowest BCUT2D eigenvalue weighted by Crippen LogP contribution is -2.35. The Hall–Kier alpha value is -2.71. The van der Waals surface area contributed by atoms with Crippen LogP contribution in [0.15, 0.2) is 12.1 Å². The van der Waals surface area contributed by atoms with E-state index in [4.69, 9.17) is 5.11 Å². The summed E-state index contributed by atoms with van der Waals surface area (Å²) in [6.07, 6.45) is -0.931. The van der Waals surface area contributed by atoms with Crippen LogP contribution in [0.3, 0.4) is 0 Å². The molecular formula is C14H14FN5O3. The number of aromatic amines is 1. The number of halogens is 1. The number of nitrogens with one attached hydrogen (secondary N) is 1. The largest absolute Gasteiger partial charge is 0.465 e. The summed E-state index contributed by atoms with van der Waals surface area (Å²) in [7, 11) is 0. The van der Waals surface area contributed by atoms with Crippen molar-refractivity contribution in [3.8, 4) is 0 Å². The van der Waals surface area contributed by atoms with Crippen molar-refractivity contribution in [2.75, 3.05) is 26.2 Å². The fraction of sp³-hybridized carbons (Fsp3) is 0.429. The van der Waals surface area contributed by atoms with Crippen molar-refractivity contribution in [3.05, 3.63) is 23.5 Å². The summed E-state index contributed by atoms with van der Waals surface area (Å²) >= 11 is 0. The number of H-pyrrole nitrogens is 1. The van der Waals surface area contributed by atoms with Crippen molar-refractivity contribution in [2.45, 2.75) is 0 Å². The Morgan fingerprint density at radius 1 is 1.13 bits per heavy atom. The second-order valence-corrected chi connectivity index (χ2v) is 6.04. The molecule has 1 aromatic carbocycles. The molecule has 2 saturated heterocycles. The second kappa shape index (κ2) is 4.90. The zero-order chi connectivity index (χ0) is 16.1. The summed E-state index contributed by atoms with van der Waals surface area (Å²) in [5.41, 5.74) is 0.392. The van der Waals surface area contributed by atoms with E-state index in [0.29, 0.717) is 31.7 Å². The van der Waals surface area contributed by atoms with Crippen LogP contribution in [0.1, 0.15) is 10.4 Å². The molecule has 2 aliphatic rings. The molecular weight excluding hydrogens is 305 g/mol. The summed E-state index contributed by atoms with van der Waals surface area (Å²) < 4.78 is 14.4. The third kappa shape index (κ3) is 2.11. The van der Waals surface area contributed by atoms with Gasteiger partial charge in [0.2, 0.25) is 0 Å². The number of hydrogen-bond acceptors (Lipinski definition) is 4. The Kier molecular flexibility index (Phi) is 2.97. The van der Waals surface area contributed by atoms with E-state index in [0.717, 1.165) is 0 Å². The number of hydrogen-bond donors (Lipinski definition) is 2. The van der Waals surface area contributed by atoms with Crippen molar-refractivity contribution in [1.82, 2.24) is 25.2 Å². The molecule has 8 nitrogen and oxygen atoms in total. The van der Waals surface area contributed by atoms with Crippen LogP contribution in [0.2, 0.25) is 0 Å². The first-order chi connectivity index (χ1) is 11.0. The first-order valence-corrected chi connectivity index (χ1v) is 7.30. The van der Waals surface area contributed by atoms with Gasteiger partial charge < -0.3 is 14.9 Å². The normalized spacial score (nSPS) is 23.5. The number of fused-ring (bicyclic) bond motifs is 2. The molecule has 2 aliphatic heterocycles. The van der Waals surface area contributed by atoms with Crippen LogP contribution >= 0.6 is 0 Å². The van der Waals surface area contributed by atoms with E-state index < -0.39 is 11.9 Å². The molecule has 0 bridgehead atoms. The SMILES string of the molecule is O=C(O)N1C[C@@H]2CN(C(=O)c3ccc4n[nH]nc4c3F)C[C@H]2C1. The molecule has 2 fully saturated rings. The Morgan fingerprint density at radius 2 is 1.78 bits per heavy atom. The minimum Gasteiger partial charge on any atom is -0.465 e. The zero-order valence-electron chi connectivity index (χ0n) is 12.1. The van der Waals surface area contributed by atoms with E-state index in [1.165, 1.54) is 11.0 Å². The maximum Gasteiger partial charge on any atom is 0.407 e. The number of nitrogens with zero attached hydrogens (tertiary/aromatic N) is 4. The molecule has 0 radical (unpaired) electrons.